The molecule has 1 aromatic carbocycles. The zero-order valence-corrected chi connectivity index (χ0v) is 10.4. The Labute approximate surface area is 104 Å². The molecule has 1 fully saturated rings. The average molecular weight is 277 g/mol. The molecule has 0 radical (unpaired) electrons. The highest BCUT2D eigenvalue weighted by Crippen LogP contribution is 2.30. The molecule has 92 valence electrons. The molecule has 1 heterocycles. The first-order valence-electron chi connectivity index (χ1n) is 4.97. The van der Waals surface area contributed by atoms with Crippen molar-refractivity contribution in [1.29, 1.82) is 0 Å². The van der Waals surface area contributed by atoms with Crippen LogP contribution in [-0.2, 0) is 14.6 Å². The van der Waals surface area contributed by atoms with Gasteiger partial charge >= 0.3 is 16.4 Å². The molecule has 1 aliphatic heterocycles. The quantitative estimate of drug-likeness (QED) is 0.811. The van der Waals surface area contributed by atoms with Crippen molar-refractivity contribution in [1.82, 2.24) is 0 Å². The molecule has 2 N–H and O–H groups in total. The van der Waals surface area contributed by atoms with Crippen molar-refractivity contribution >= 4 is 33.7 Å². The van der Waals surface area contributed by atoms with E-state index in [9.17, 15) is 13.6 Å². The molecule has 5 nitrogen and oxygen atoms in total. The molecular weight excluding hydrogens is 266 g/mol. The topological polar surface area (TPSA) is 77.8 Å². The van der Waals surface area contributed by atoms with Crippen LogP contribution in [0.2, 0.25) is 5.02 Å². The summed E-state index contributed by atoms with van der Waals surface area (Å²) in [6.45, 7) is 0.441. The zero-order chi connectivity index (χ0) is 12.6. The number of carboxylic acids is 1. The zero-order valence-electron chi connectivity index (χ0n) is 8.80. The van der Waals surface area contributed by atoms with E-state index in [-0.39, 0.29) is 16.3 Å². The average Bonchev–Trinajstić information content (AvgIpc) is 2.58. The Kier molecular flexibility index (Phi) is 3.11. The second kappa shape index (κ2) is 4.29. The van der Waals surface area contributed by atoms with E-state index in [1.165, 1.54) is 16.4 Å². The number of rotatable bonds is 2. The van der Waals surface area contributed by atoms with E-state index in [4.69, 9.17) is 16.7 Å². The monoisotopic (exact) mass is 276 g/mol. The van der Waals surface area contributed by atoms with Gasteiger partial charge in [-0.3, -0.25) is 0 Å². The van der Waals surface area contributed by atoms with E-state index in [2.05, 4.69) is 0 Å². The lowest BCUT2D eigenvalue weighted by atomic mass is 10.2. The normalized spacial score (nSPS) is 24.0. The summed E-state index contributed by atoms with van der Waals surface area (Å²) in [7, 11) is -3.05. The number of anilines is 1. The molecule has 0 spiro atoms. The first-order valence-corrected chi connectivity index (χ1v) is 6.98. The molecule has 7 heteroatoms. The van der Waals surface area contributed by atoms with E-state index < -0.39 is 16.4 Å². The minimum Gasteiger partial charge on any atom is -0.478 e. The Hall–Kier alpha value is -1.11. The molecule has 0 amide bonds. The Balaban J connectivity index is 2.44. The molecule has 1 unspecified atom stereocenters. The summed E-state index contributed by atoms with van der Waals surface area (Å²) < 4.78 is 22.8. The fourth-order valence-corrected chi connectivity index (χ4v) is 3.56. The molecule has 1 saturated heterocycles. The minimum atomic E-state index is -3.05. The molecule has 0 aliphatic carbocycles. The van der Waals surface area contributed by atoms with E-state index in [1.807, 2.05) is 0 Å². The van der Waals surface area contributed by atoms with E-state index in [1.54, 1.807) is 6.07 Å². The number of carbonyl (C=O) groups is 1. The van der Waals surface area contributed by atoms with Crippen molar-refractivity contribution < 1.29 is 18.7 Å². The maximum atomic E-state index is 11.8. The van der Waals surface area contributed by atoms with Crippen LogP contribution in [0.25, 0.3) is 0 Å². The van der Waals surface area contributed by atoms with Crippen LogP contribution in [0.1, 0.15) is 16.8 Å². The number of benzene rings is 1. The first-order chi connectivity index (χ1) is 7.92. The maximum absolute atomic E-state index is 11.8. The molecule has 0 saturated carbocycles. The standard InChI is InChI=1S/C10H10ClNO4S/c11-9-3-2-7(6-8(9)10(13)14)12-4-1-5-17(12,15)16/h2-3,6H,1,4-5H2,(H-,13,14,15,16)/p+1. The van der Waals surface area contributed by atoms with Gasteiger partial charge in [-0.05, 0) is 22.4 Å². The molecule has 1 aromatic rings. The molecule has 1 aliphatic rings. The van der Waals surface area contributed by atoms with Crippen LogP contribution in [0.15, 0.2) is 18.2 Å². The number of aromatic carboxylic acids is 1. The van der Waals surface area contributed by atoms with E-state index in [0.29, 0.717) is 18.7 Å². The van der Waals surface area contributed by atoms with Gasteiger partial charge in [0.05, 0.1) is 22.8 Å². The third-order valence-corrected chi connectivity index (χ3v) is 4.82. The molecule has 2 rings (SSSR count). The van der Waals surface area contributed by atoms with Crippen LogP contribution in [0, 0.1) is 0 Å². The smallest absolute Gasteiger partial charge is 0.337 e. The number of nitrogens with zero attached hydrogens (tertiary/aromatic N) is 1. The van der Waals surface area contributed by atoms with Gasteiger partial charge < -0.3 is 5.11 Å². The lowest BCUT2D eigenvalue weighted by Gasteiger charge is -2.15. The SMILES string of the molecule is O=C(O)c1cc(N2CCC[S+]2(=O)O)ccc1Cl. The van der Waals surface area contributed by atoms with Gasteiger partial charge in [0, 0.05) is 6.42 Å². The second-order valence-corrected chi connectivity index (χ2v) is 6.21. The van der Waals surface area contributed by atoms with Gasteiger partial charge in [0.25, 0.3) is 0 Å². The first kappa shape index (κ1) is 12.3. The Morgan fingerprint density at radius 3 is 2.71 bits per heavy atom. The van der Waals surface area contributed by atoms with E-state index in [0.717, 1.165) is 0 Å². The Morgan fingerprint density at radius 2 is 2.18 bits per heavy atom. The molecular formula is C10H11ClNO4S+. The van der Waals surface area contributed by atoms with Gasteiger partial charge in [-0.2, -0.15) is 8.86 Å². The largest absolute Gasteiger partial charge is 0.478 e. The Morgan fingerprint density at radius 1 is 1.47 bits per heavy atom. The highest BCUT2D eigenvalue weighted by atomic mass is 35.5. The summed E-state index contributed by atoms with van der Waals surface area (Å²) in [6.07, 6.45) is 0.611. The predicted molar refractivity (Wildman–Crippen MR) is 65.9 cm³/mol. The number of halogens is 1. The van der Waals surface area contributed by atoms with Crippen LogP contribution in [0.4, 0.5) is 5.69 Å². The third-order valence-electron chi connectivity index (χ3n) is 2.58. The van der Waals surface area contributed by atoms with Gasteiger partial charge in [-0.25, -0.2) is 4.79 Å². The summed E-state index contributed by atoms with van der Waals surface area (Å²) in [5.74, 6) is -0.946. The lowest BCUT2D eigenvalue weighted by Crippen LogP contribution is -2.30. The fourth-order valence-electron chi connectivity index (χ4n) is 1.78. The summed E-state index contributed by atoms with van der Waals surface area (Å²) in [6, 6.07) is 4.30. The van der Waals surface area contributed by atoms with Gasteiger partial charge in [-0.15, -0.1) is 0 Å². The van der Waals surface area contributed by atoms with Crippen molar-refractivity contribution in [3.63, 3.8) is 0 Å². The highest BCUT2D eigenvalue weighted by molar-refractivity contribution is 7.99. The Bertz CT molecular complexity index is 519. The molecule has 17 heavy (non-hydrogen) atoms. The van der Waals surface area contributed by atoms with Gasteiger partial charge in [0.1, 0.15) is 0 Å². The number of hydrogen-bond acceptors (Lipinski definition) is 2. The minimum absolute atomic E-state index is 0.0636. The van der Waals surface area contributed by atoms with Gasteiger partial charge in [0.2, 0.25) is 0 Å². The van der Waals surface area contributed by atoms with Crippen molar-refractivity contribution in [3.05, 3.63) is 28.8 Å². The summed E-state index contributed by atoms with van der Waals surface area (Å²) in [5, 5.41) is 9.04. The number of hydrogen-bond donors (Lipinski definition) is 2. The van der Waals surface area contributed by atoms with Crippen molar-refractivity contribution in [2.24, 2.45) is 0 Å². The van der Waals surface area contributed by atoms with E-state index >= 15 is 0 Å². The molecule has 0 bridgehead atoms. The highest BCUT2D eigenvalue weighted by Gasteiger charge is 2.41. The number of carboxylic acid groups (broad SMARTS) is 1. The molecule has 1 atom stereocenters. The van der Waals surface area contributed by atoms with Crippen LogP contribution in [0.3, 0.4) is 0 Å². The predicted octanol–water partition coefficient (Wildman–Crippen LogP) is 2.14. The van der Waals surface area contributed by atoms with Gasteiger partial charge in [-0.1, -0.05) is 11.6 Å². The van der Waals surface area contributed by atoms with Gasteiger partial charge in [0.15, 0.2) is 5.75 Å². The molecule has 0 aromatic heterocycles. The summed E-state index contributed by atoms with van der Waals surface area (Å²) in [5.41, 5.74) is 0.350. The third kappa shape index (κ3) is 2.29. The van der Waals surface area contributed by atoms with Crippen molar-refractivity contribution in [2.75, 3.05) is 16.6 Å². The second-order valence-electron chi connectivity index (χ2n) is 3.74. The van der Waals surface area contributed by atoms with Crippen LogP contribution >= 0.6 is 11.6 Å². The lowest BCUT2D eigenvalue weighted by molar-refractivity contribution is 0.0697. The van der Waals surface area contributed by atoms with Crippen LogP contribution in [-0.4, -0.2) is 27.9 Å². The van der Waals surface area contributed by atoms with Crippen molar-refractivity contribution in [3.8, 4) is 0 Å². The fraction of sp³-hybridized carbons (Fsp3) is 0.300. The summed E-state index contributed by atoms with van der Waals surface area (Å²) in [4.78, 5) is 10.9. The van der Waals surface area contributed by atoms with Crippen LogP contribution in [0.5, 0.6) is 0 Å². The van der Waals surface area contributed by atoms with Crippen molar-refractivity contribution in [2.45, 2.75) is 6.42 Å². The maximum Gasteiger partial charge on any atom is 0.337 e. The summed E-state index contributed by atoms with van der Waals surface area (Å²) >= 11 is 5.74. The van der Waals surface area contributed by atoms with Crippen LogP contribution < -0.4 is 4.31 Å².